The summed E-state index contributed by atoms with van der Waals surface area (Å²) in [4.78, 5) is 25.9. The van der Waals surface area contributed by atoms with Crippen LogP contribution in [0.4, 0.5) is 11.4 Å². The molecule has 1 aromatic carbocycles. The quantitative estimate of drug-likeness (QED) is 0.549. The Labute approximate surface area is 188 Å². The maximum Gasteiger partial charge on any atom is 0.267 e. The molecule has 162 valence electrons. The van der Waals surface area contributed by atoms with Gasteiger partial charge in [-0.3, -0.25) is 9.59 Å². The fourth-order valence-electron chi connectivity index (χ4n) is 3.37. The fraction of sp³-hybridized carbons (Fsp3) is 0.238. The predicted molar refractivity (Wildman–Crippen MR) is 124 cm³/mol. The molecule has 4 rings (SSSR count). The first-order valence-electron chi connectivity index (χ1n) is 9.79. The van der Waals surface area contributed by atoms with Gasteiger partial charge in [-0.1, -0.05) is 18.6 Å². The molecule has 31 heavy (non-hydrogen) atoms. The van der Waals surface area contributed by atoms with Gasteiger partial charge >= 0.3 is 0 Å². The summed E-state index contributed by atoms with van der Waals surface area (Å²) in [6.07, 6.45) is 2.67. The number of carbonyl (C=O) groups excluding carboxylic acids is 2. The van der Waals surface area contributed by atoms with E-state index in [1.54, 1.807) is 41.8 Å². The van der Waals surface area contributed by atoms with Gasteiger partial charge in [0.25, 0.3) is 11.8 Å². The van der Waals surface area contributed by atoms with Crippen molar-refractivity contribution in [3.63, 3.8) is 0 Å². The van der Waals surface area contributed by atoms with E-state index >= 15 is 0 Å². The van der Waals surface area contributed by atoms with Crippen LogP contribution < -0.4 is 10.6 Å². The molecular weight excluding hydrogens is 454 g/mol. The largest absolute Gasteiger partial charge is 0.321 e. The van der Waals surface area contributed by atoms with Crippen molar-refractivity contribution in [2.45, 2.75) is 24.2 Å². The number of nitrogens with one attached hydrogen (secondary N) is 2. The normalized spacial score (nSPS) is 14.8. The molecule has 0 aliphatic carbocycles. The lowest BCUT2D eigenvalue weighted by Gasteiger charge is -2.25. The van der Waals surface area contributed by atoms with E-state index in [0.717, 1.165) is 30.6 Å². The number of nitrogens with zero attached hydrogens (tertiary/aromatic N) is 1. The molecule has 3 aromatic rings. The molecule has 2 N–H and O–H groups in total. The number of anilines is 2. The van der Waals surface area contributed by atoms with Crippen molar-refractivity contribution < 1.29 is 18.0 Å². The summed E-state index contributed by atoms with van der Waals surface area (Å²) in [5.41, 5.74) is 0.993. The Hall–Kier alpha value is -2.53. The van der Waals surface area contributed by atoms with Crippen LogP contribution in [0.1, 0.15) is 38.6 Å². The Kier molecular flexibility index (Phi) is 6.51. The van der Waals surface area contributed by atoms with Gasteiger partial charge in [-0.05, 0) is 53.9 Å². The third-order valence-corrected chi connectivity index (χ3v) is 8.74. The molecule has 2 amide bonds. The number of sulfonamides is 1. The summed E-state index contributed by atoms with van der Waals surface area (Å²) in [5.74, 6) is -0.723. The van der Waals surface area contributed by atoms with E-state index in [1.165, 1.54) is 21.7 Å². The number of carbonyl (C=O) groups is 2. The van der Waals surface area contributed by atoms with E-state index in [-0.39, 0.29) is 15.7 Å². The predicted octanol–water partition coefficient (Wildman–Crippen LogP) is 4.49. The highest BCUT2D eigenvalue weighted by Gasteiger charge is 2.31. The van der Waals surface area contributed by atoms with Gasteiger partial charge in [0, 0.05) is 24.5 Å². The van der Waals surface area contributed by atoms with Crippen molar-refractivity contribution in [1.29, 1.82) is 0 Å². The maximum absolute atomic E-state index is 13.0. The van der Waals surface area contributed by atoms with E-state index in [0.29, 0.717) is 29.3 Å². The average Bonchev–Trinajstić information content (AvgIpc) is 3.47. The minimum absolute atomic E-state index is 0.0408. The Morgan fingerprint density at radius 2 is 1.55 bits per heavy atom. The van der Waals surface area contributed by atoms with Gasteiger partial charge in [0.2, 0.25) is 10.0 Å². The van der Waals surface area contributed by atoms with Crippen LogP contribution >= 0.6 is 22.7 Å². The SMILES string of the molecule is O=C(Nc1cccc(NC(=O)c2sccc2S(=O)(=O)N2CCCCC2)c1)c1cccs1. The van der Waals surface area contributed by atoms with Gasteiger partial charge in [-0.2, -0.15) is 4.31 Å². The zero-order valence-electron chi connectivity index (χ0n) is 16.5. The van der Waals surface area contributed by atoms with Crippen LogP contribution in [-0.2, 0) is 10.0 Å². The number of piperidine rings is 1. The molecule has 1 aliphatic heterocycles. The molecule has 0 bridgehead atoms. The van der Waals surface area contributed by atoms with Gasteiger partial charge < -0.3 is 10.6 Å². The molecule has 0 unspecified atom stereocenters. The second-order valence-corrected chi connectivity index (χ2v) is 10.8. The summed E-state index contributed by atoms with van der Waals surface area (Å²) in [6.45, 7) is 0.955. The van der Waals surface area contributed by atoms with E-state index in [9.17, 15) is 18.0 Å². The lowest BCUT2D eigenvalue weighted by Crippen LogP contribution is -2.36. The Bertz CT molecular complexity index is 1180. The van der Waals surface area contributed by atoms with E-state index in [4.69, 9.17) is 0 Å². The van der Waals surface area contributed by atoms with E-state index < -0.39 is 15.9 Å². The number of hydrogen-bond donors (Lipinski definition) is 2. The van der Waals surface area contributed by atoms with Crippen molar-refractivity contribution >= 4 is 55.9 Å². The van der Waals surface area contributed by atoms with Crippen LogP contribution in [0.3, 0.4) is 0 Å². The highest BCUT2D eigenvalue weighted by atomic mass is 32.2. The maximum atomic E-state index is 13.0. The number of hydrogen-bond acceptors (Lipinski definition) is 6. The van der Waals surface area contributed by atoms with Crippen LogP contribution in [0.2, 0.25) is 0 Å². The van der Waals surface area contributed by atoms with Crippen LogP contribution in [0, 0.1) is 0 Å². The molecule has 1 aliphatic rings. The molecule has 3 heterocycles. The van der Waals surface area contributed by atoms with Gasteiger partial charge in [0.05, 0.1) is 4.88 Å². The molecule has 0 saturated carbocycles. The van der Waals surface area contributed by atoms with Gasteiger partial charge in [-0.15, -0.1) is 22.7 Å². The summed E-state index contributed by atoms with van der Waals surface area (Å²) < 4.78 is 27.5. The lowest BCUT2D eigenvalue weighted by atomic mass is 10.2. The van der Waals surface area contributed by atoms with Gasteiger partial charge in [-0.25, -0.2) is 8.42 Å². The molecule has 1 saturated heterocycles. The molecule has 0 radical (unpaired) electrons. The number of amides is 2. The Balaban J connectivity index is 1.49. The topological polar surface area (TPSA) is 95.6 Å². The second-order valence-electron chi connectivity index (χ2n) is 7.05. The first kappa shape index (κ1) is 21.7. The van der Waals surface area contributed by atoms with Crippen LogP contribution in [0.5, 0.6) is 0 Å². The first-order chi connectivity index (χ1) is 14.9. The molecule has 10 heteroatoms. The minimum Gasteiger partial charge on any atom is -0.321 e. The van der Waals surface area contributed by atoms with Crippen molar-refractivity contribution in [1.82, 2.24) is 4.31 Å². The summed E-state index contributed by atoms with van der Waals surface area (Å²) in [6, 6.07) is 11.8. The zero-order valence-corrected chi connectivity index (χ0v) is 19.0. The summed E-state index contributed by atoms with van der Waals surface area (Å²) in [7, 11) is -3.71. The van der Waals surface area contributed by atoms with Gasteiger partial charge in [0.15, 0.2) is 0 Å². The third-order valence-electron chi connectivity index (χ3n) is 4.89. The van der Waals surface area contributed by atoms with Crippen molar-refractivity contribution in [3.05, 3.63) is 63.0 Å². The summed E-state index contributed by atoms with van der Waals surface area (Å²) in [5, 5.41) is 8.98. The standard InChI is InChI=1S/C21H21N3O4S3/c25-20(17-8-5-12-29-17)22-15-6-4-7-16(14-15)23-21(26)19-18(9-13-30-19)31(27,28)24-10-2-1-3-11-24/h4-9,12-14H,1-3,10-11H2,(H,22,25)(H,23,26). The monoisotopic (exact) mass is 475 g/mol. The zero-order chi connectivity index (χ0) is 21.8. The number of rotatable bonds is 6. The van der Waals surface area contributed by atoms with Crippen LogP contribution in [0.25, 0.3) is 0 Å². The molecule has 1 fully saturated rings. The van der Waals surface area contributed by atoms with Gasteiger partial charge in [0.1, 0.15) is 9.77 Å². The van der Waals surface area contributed by atoms with Crippen molar-refractivity contribution in [2.75, 3.05) is 23.7 Å². The third kappa shape index (κ3) is 4.87. The summed E-state index contributed by atoms with van der Waals surface area (Å²) >= 11 is 2.43. The molecule has 0 spiro atoms. The second kappa shape index (κ2) is 9.31. The number of benzene rings is 1. The fourth-order valence-corrected chi connectivity index (χ4v) is 6.81. The van der Waals surface area contributed by atoms with Crippen LogP contribution in [0.15, 0.2) is 58.1 Å². The molecule has 2 aromatic heterocycles. The molecular formula is C21H21N3O4S3. The molecule has 7 nitrogen and oxygen atoms in total. The first-order valence-corrected chi connectivity index (χ1v) is 13.0. The highest BCUT2D eigenvalue weighted by molar-refractivity contribution is 7.89. The number of thiophene rings is 2. The average molecular weight is 476 g/mol. The van der Waals surface area contributed by atoms with E-state index in [1.807, 2.05) is 5.38 Å². The van der Waals surface area contributed by atoms with Crippen molar-refractivity contribution in [3.8, 4) is 0 Å². The van der Waals surface area contributed by atoms with Crippen LogP contribution in [-0.4, -0.2) is 37.6 Å². The Morgan fingerprint density at radius 1 is 0.839 bits per heavy atom. The smallest absolute Gasteiger partial charge is 0.267 e. The van der Waals surface area contributed by atoms with E-state index in [2.05, 4.69) is 10.6 Å². The highest BCUT2D eigenvalue weighted by Crippen LogP contribution is 2.28. The van der Waals surface area contributed by atoms with Crippen molar-refractivity contribution in [2.24, 2.45) is 0 Å². The molecule has 0 atom stereocenters. The Morgan fingerprint density at radius 3 is 2.23 bits per heavy atom. The lowest BCUT2D eigenvalue weighted by molar-refractivity contribution is 0.102. The minimum atomic E-state index is -3.71.